The summed E-state index contributed by atoms with van der Waals surface area (Å²) in [4.78, 5) is 12.6. The first kappa shape index (κ1) is 16.7. The van der Waals surface area contributed by atoms with Crippen molar-refractivity contribution in [3.63, 3.8) is 0 Å². The monoisotopic (exact) mass is 342 g/mol. The van der Waals surface area contributed by atoms with E-state index in [1.165, 1.54) is 14.2 Å². The van der Waals surface area contributed by atoms with Crippen molar-refractivity contribution in [3.8, 4) is 28.7 Å². The SMILES string of the molecule is COc1ccc(/C=C2\Oc3c(ccc(OC)c3OC)C2=O)cc1OC. The number of allylic oxidation sites excluding steroid dienone is 1. The largest absolute Gasteiger partial charge is 0.493 e. The minimum atomic E-state index is -0.217. The Kier molecular flexibility index (Phi) is 4.52. The molecule has 0 spiro atoms. The molecular formula is C19H18O6. The standard InChI is InChI=1S/C19H18O6/c1-21-13-7-5-11(9-15(13)23-3)10-16-17(20)12-6-8-14(22-2)19(24-4)18(12)25-16/h5-10H,1-4H3/b16-10-. The highest BCUT2D eigenvalue weighted by atomic mass is 16.5. The van der Waals surface area contributed by atoms with E-state index in [1.807, 2.05) is 6.07 Å². The number of ketones is 1. The van der Waals surface area contributed by atoms with E-state index >= 15 is 0 Å². The molecule has 0 fully saturated rings. The number of ether oxygens (including phenoxy) is 5. The van der Waals surface area contributed by atoms with Crippen molar-refractivity contribution in [1.82, 2.24) is 0 Å². The molecule has 2 aromatic rings. The molecule has 0 N–H and O–H groups in total. The smallest absolute Gasteiger partial charge is 0.232 e. The summed E-state index contributed by atoms with van der Waals surface area (Å²) in [6, 6.07) is 8.68. The van der Waals surface area contributed by atoms with Crippen LogP contribution in [-0.2, 0) is 0 Å². The lowest BCUT2D eigenvalue weighted by Gasteiger charge is -2.10. The molecule has 0 aromatic heterocycles. The zero-order chi connectivity index (χ0) is 18.0. The third kappa shape index (κ3) is 2.87. The molecule has 3 rings (SSSR count). The van der Waals surface area contributed by atoms with E-state index in [1.54, 1.807) is 44.6 Å². The summed E-state index contributed by atoms with van der Waals surface area (Å²) >= 11 is 0. The first-order chi connectivity index (χ1) is 12.1. The molecule has 6 heteroatoms. The molecule has 1 aliphatic rings. The van der Waals surface area contributed by atoms with Crippen LogP contribution in [0, 0.1) is 0 Å². The molecule has 130 valence electrons. The fourth-order valence-electron chi connectivity index (χ4n) is 2.66. The number of rotatable bonds is 5. The maximum atomic E-state index is 12.6. The van der Waals surface area contributed by atoms with Crippen LogP contribution in [0.2, 0.25) is 0 Å². The Bertz CT molecular complexity index is 853. The summed E-state index contributed by atoms with van der Waals surface area (Å²) in [5, 5.41) is 0. The first-order valence-electron chi connectivity index (χ1n) is 7.54. The van der Waals surface area contributed by atoms with Crippen molar-refractivity contribution in [3.05, 3.63) is 47.2 Å². The molecule has 25 heavy (non-hydrogen) atoms. The van der Waals surface area contributed by atoms with Crippen LogP contribution >= 0.6 is 0 Å². The molecule has 6 nitrogen and oxygen atoms in total. The zero-order valence-corrected chi connectivity index (χ0v) is 14.4. The molecule has 0 saturated carbocycles. The van der Waals surface area contributed by atoms with Gasteiger partial charge in [-0.1, -0.05) is 6.07 Å². The highest BCUT2D eigenvalue weighted by molar-refractivity contribution is 6.15. The van der Waals surface area contributed by atoms with E-state index in [9.17, 15) is 4.79 Å². The quantitative estimate of drug-likeness (QED) is 0.777. The number of carbonyl (C=O) groups excluding carboxylic acids is 1. The molecule has 0 bridgehead atoms. The molecule has 0 unspecified atom stereocenters. The minimum Gasteiger partial charge on any atom is -0.493 e. The molecule has 0 atom stereocenters. The Labute approximate surface area is 145 Å². The van der Waals surface area contributed by atoms with Gasteiger partial charge in [0.1, 0.15) is 0 Å². The lowest BCUT2D eigenvalue weighted by atomic mass is 10.1. The molecule has 0 amide bonds. The van der Waals surface area contributed by atoms with E-state index in [0.717, 1.165) is 5.56 Å². The van der Waals surface area contributed by atoms with Gasteiger partial charge in [-0.3, -0.25) is 4.79 Å². The fourth-order valence-corrected chi connectivity index (χ4v) is 2.66. The Hall–Kier alpha value is -3.15. The van der Waals surface area contributed by atoms with Crippen LogP contribution in [-0.4, -0.2) is 34.2 Å². The molecule has 1 heterocycles. The summed E-state index contributed by atoms with van der Waals surface area (Å²) in [5.74, 6) is 2.42. The second-order valence-corrected chi connectivity index (χ2v) is 5.23. The van der Waals surface area contributed by atoms with Crippen molar-refractivity contribution < 1.29 is 28.5 Å². The fraction of sp³-hybridized carbons (Fsp3) is 0.211. The third-order valence-corrected chi connectivity index (χ3v) is 3.89. The number of Topliss-reactive ketones (excluding diaryl/α,β-unsaturated/α-hetero) is 1. The normalized spacial score (nSPS) is 14.1. The van der Waals surface area contributed by atoms with Crippen LogP contribution in [0.5, 0.6) is 28.7 Å². The lowest BCUT2D eigenvalue weighted by Crippen LogP contribution is -1.98. The summed E-state index contributed by atoms with van der Waals surface area (Å²) in [7, 11) is 6.15. The Morgan fingerprint density at radius 3 is 2.16 bits per heavy atom. The second kappa shape index (κ2) is 6.76. The van der Waals surface area contributed by atoms with Gasteiger partial charge in [-0.25, -0.2) is 0 Å². The van der Waals surface area contributed by atoms with E-state index in [-0.39, 0.29) is 11.5 Å². The van der Waals surface area contributed by atoms with Gasteiger partial charge in [0.15, 0.2) is 28.8 Å². The van der Waals surface area contributed by atoms with Gasteiger partial charge in [-0.05, 0) is 35.9 Å². The zero-order valence-electron chi connectivity index (χ0n) is 14.4. The van der Waals surface area contributed by atoms with E-state index < -0.39 is 0 Å². The van der Waals surface area contributed by atoms with Gasteiger partial charge >= 0.3 is 0 Å². The predicted octanol–water partition coefficient (Wildman–Crippen LogP) is 3.34. The van der Waals surface area contributed by atoms with Crippen molar-refractivity contribution in [1.29, 1.82) is 0 Å². The third-order valence-electron chi connectivity index (χ3n) is 3.89. The molecule has 0 saturated heterocycles. The molecule has 2 aromatic carbocycles. The first-order valence-corrected chi connectivity index (χ1v) is 7.54. The maximum absolute atomic E-state index is 12.6. The number of hydrogen-bond acceptors (Lipinski definition) is 6. The Balaban J connectivity index is 2.00. The maximum Gasteiger partial charge on any atom is 0.232 e. The Morgan fingerprint density at radius 1 is 0.840 bits per heavy atom. The van der Waals surface area contributed by atoms with Gasteiger partial charge in [-0.15, -0.1) is 0 Å². The van der Waals surface area contributed by atoms with Crippen molar-refractivity contribution in [2.24, 2.45) is 0 Å². The number of methoxy groups -OCH3 is 4. The summed E-state index contributed by atoms with van der Waals surface area (Å²) in [6.07, 6.45) is 1.65. The second-order valence-electron chi connectivity index (χ2n) is 5.23. The van der Waals surface area contributed by atoms with Gasteiger partial charge in [0.2, 0.25) is 11.5 Å². The van der Waals surface area contributed by atoms with Crippen molar-refractivity contribution in [2.45, 2.75) is 0 Å². The van der Waals surface area contributed by atoms with Crippen LogP contribution < -0.4 is 23.7 Å². The van der Waals surface area contributed by atoms with Gasteiger partial charge in [0.25, 0.3) is 0 Å². The lowest BCUT2D eigenvalue weighted by molar-refractivity contribution is 0.101. The van der Waals surface area contributed by atoms with Crippen LogP contribution in [0.15, 0.2) is 36.1 Å². The molecule has 1 aliphatic heterocycles. The van der Waals surface area contributed by atoms with E-state index in [0.29, 0.717) is 34.3 Å². The van der Waals surface area contributed by atoms with Gasteiger partial charge in [0, 0.05) is 0 Å². The van der Waals surface area contributed by atoms with Gasteiger partial charge < -0.3 is 23.7 Å². The number of hydrogen-bond donors (Lipinski definition) is 0. The molecule has 0 radical (unpaired) electrons. The van der Waals surface area contributed by atoms with Crippen molar-refractivity contribution >= 4 is 11.9 Å². The van der Waals surface area contributed by atoms with E-state index in [2.05, 4.69) is 0 Å². The summed E-state index contributed by atoms with van der Waals surface area (Å²) < 4.78 is 26.8. The number of fused-ring (bicyclic) bond motifs is 1. The van der Waals surface area contributed by atoms with Gasteiger partial charge in [-0.2, -0.15) is 0 Å². The predicted molar refractivity (Wildman–Crippen MR) is 92.0 cm³/mol. The Morgan fingerprint density at radius 2 is 1.52 bits per heavy atom. The van der Waals surface area contributed by atoms with Gasteiger partial charge in [0.05, 0.1) is 34.0 Å². The van der Waals surface area contributed by atoms with Crippen LogP contribution in [0.4, 0.5) is 0 Å². The molecular weight excluding hydrogens is 324 g/mol. The van der Waals surface area contributed by atoms with Crippen LogP contribution in [0.3, 0.4) is 0 Å². The summed E-state index contributed by atoms with van der Waals surface area (Å²) in [5.41, 5.74) is 1.18. The molecule has 0 aliphatic carbocycles. The van der Waals surface area contributed by atoms with Crippen LogP contribution in [0.1, 0.15) is 15.9 Å². The number of benzene rings is 2. The van der Waals surface area contributed by atoms with E-state index in [4.69, 9.17) is 23.7 Å². The average Bonchev–Trinajstić information content (AvgIpc) is 2.96. The minimum absolute atomic E-state index is 0.203. The average molecular weight is 342 g/mol. The number of carbonyl (C=O) groups is 1. The van der Waals surface area contributed by atoms with Crippen LogP contribution in [0.25, 0.3) is 6.08 Å². The topological polar surface area (TPSA) is 63.2 Å². The highest BCUT2D eigenvalue weighted by Gasteiger charge is 2.32. The highest BCUT2D eigenvalue weighted by Crippen LogP contribution is 2.45. The summed E-state index contributed by atoms with van der Waals surface area (Å²) in [6.45, 7) is 0. The van der Waals surface area contributed by atoms with Crippen molar-refractivity contribution in [2.75, 3.05) is 28.4 Å².